The highest BCUT2D eigenvalue weighted by molar-refractivity contribution is 5.79. The number of benzene rings is 1. The molecule has 0 amide bonds. The Balaban J connectivity index is 1.70. The van der Waals surface area contributed by atoms with Crippen molar-refractivity contribution in [3.05, 3.63) is 53.3 Å². The molecule has 1 aliphatic heterocycles. The lowest BCUT2D eigenvalue weighted by atomic mass is 10.0. The molecule has 2 aromatic rings. The van der Waals surface area contributed by atoms with Gasteiger partial charge in [0, 0.05) is 39.4 Å². The fraction of sp³-hybridized carbons (Fsp3) is 0.524. The Morgan fingerprint density at radius 3 is 2.57 bits per heavy atom. The summed E-state index contributed by atoms with van der Waals surface area (Å²) in [6.45, 7) is 9.89. The van der Waals surface area contributed by atoms with Crippen LogP contribution < -0.4 is 10.6 Å². The second-order valence-electron chi connectivity index (χ2n) is 7.10. The third kappa shape index (κ3) is 5.56. The first-order valence-electron chi connectivity index (χ1n) is 10.0. The molecule has 0 radical (unpaired) electrons. The molecule has 7 nitrogen and oxygen atoms in total. The zero-order valence-corrected chi connectivity index (χ0v) is 17.2. The van der Waals surface area contributed by atoms with Crippen molar-refractivity contribution in [2.24, 2.45) is 12.0 Å². The first-order chi connectivity index (χ1) is 13.7. The van der Waals surface area contributed by atoms with E-state index in [1.807, 2.05) is 17.8 Å². The van der Waals surface area contributed by atoms with Crippen LogP contribution in [0.1, 0.15) is 29.8 Å². The van der Waals surface area contributed by atoms with Crippen LogP contribution in [-0.2, 0) is 18.3 Å². The van der Waals surface area contributed by atoms with Crippen LogP contribution in [0.5, 0.6) is 0 Å². The number of aromatic nitrogens is 2. The summed E-state index contributed by atoms with van der Waals surface area (Å²) in [5, 5.41) is 11.1. The summed E-state index contributed by atoms with van der Waals surface area (Å²) in [5.74, 6) is 0.828. The van der Waals surface area contributed by atoms with Crippen LogP contribution in [0.4, 0.5) is 0 Å². The standard InChI is InChI=1S/C21H32N6O/c1-4-22-21(23-15-19-9-10-25-26(19)3)24-16-20(27-11-13-28-14-12-27)18-7-5-17(2)6-8-18/h5-10,20H,4,11-16H2,1-3H3,(H2,22,23,24). The summed E-state index contributed by atoms with van der Waals surface area (Å²) in [4.78, 5) is 7.22. The van der Waals surface area contributed by atoms with Gasteiger partial charge in [0.1, 0.15) is 0 Å². The van der Waals surface area contributed by atoms with Crippen molar-refractivity contribution in [3.63, 3.8) is 0 Å². The van der Waals surface area contributed by atoms with Crippen molar-refractivity contribution in [1.29, 1.82) is 0 Å². The fourth-order valence-electron chi connectivity index (χ4n) is 3.39. The molecule has 1 saturated heterocycles. The minimum absolute atomic E-state index is 0.282. The summed E-state index contributed by atoms with van der Waals surface area (Å²) in [7, 11) is 1.94. The van der Waals surface area contributed by atoms with Crippen molar-refractivity contribution >= 4 is 5.96 Å². The smallest absolute Gasteiger partial charge is 0.191 e. The van der Waals surface area contributed by atoms with E-state index in [9.17, 15) is 0 Å². The molecule has 1 unspecified atom stereocenters. The van der Waals surface area contributed by atoms with E-state index in [1.54, 1.807) is 6.20 Å². The molecule has 1 fully saturated rings. The first-order valence-corrected chi connectivity index (χ1v) is 10.0. The Bertz CT molecular complexity index is 749. The molecule has 0 saturated carbocycles. The van der Waals surface area contributed by atoms with Crippen molar-refractivity contribution in [3.8, 4) is 0 Å². The van der Waals surface area contributed by atoms with E-state index in [1.165, 1.54) is 11.1 Å². The summed E-state index contributed by atoms with van der Waals surface area (Å²) < 4.78 is 7.41. The third-order valence-electron chi connectivity index (χ3n) is 5.08. The number of aryl methyl sites for hydroxylation is 2. The predicted molar refractivity (Wildman–Crippen MR) is 112 cm³/mol. The van der Waals surface area contributed by atoms with Gasteiger partial charge >= 0.3 is 0 Å². The van der Waals surface area contributed by atoms with Gasteiger partial charge in [0.15, 0.2) is 5.96 Å². The maximum Gasteiger partial charge on any atom is 0.191 e. The van der Waals surface area contributed by atoms with Gasteiger partial charge in [-0.05, 0) is 25.5 Å². The van der Waals surface area contributed by atoms with Crippen molar-refractivity contribution in [1.82, 2.24) is 25.3 Å². The lowest BCUT2D eigenvalue weighted by molar-refractivity contribution is 0.0170. The molecule has 0 bridgehead atoms. The highest BCUT2D eigenvalue weighted by Crippen LogP contribution is 2.21. The predicted octanol–water partition coefficient (Wildman–Crippen LogP) is 1.86. The van der Waals surface area contributed by atoms with Crippen LogP contribution in [0.25, 0.3) is 0 Å². The number of morpholine rings is 1. The zero-order chi connectivity index (χ0) is 19.8. The average Bonchev–Trinajstić information content (AvgIpc) is 3.13. The van der Waals surface area contributed by atoms with Crippen LogP contribution in [0.2, 0.25) is 0 Å². The zero-order valence-electron chi connectivity index (χ0n) is 17.2. The summed E-state index contributed by atoms with van der Waals surface area (Å²) in [6, 6.07) is 11.1. The summed E-state index contributed by atoms with van der Waals surface area (Å²) in [5.41, 5.74) is 3.69. The third-order valence-corrected chi connectivity index (χ3v) is 5.08. The molecule has 7 heteroatoms. The Hall–Kier alpha value is -2.38. The van der Waals surface area contributed by atoms with Gasteiger partial charge in [-0.3, -0.25) is 9.58 Å². The molecule has 1 atom stereocenters. The number of aliphatic imine (C=N–C) groups is 1. The van der Waals surface area contributed by atoms with E-state index in [4.69, 9.17) is 9.73 Å². The van der Waals surface area contributed by atoms with E-state index < -0.39 is 0 Å². The molecular weight excluding hydrogens is 352 g/mol. The van der Waals surface area contributed by atoms with Crippen LogP contribution in [0, 0.1) is 6.92 Å². The van der Waals surface area contributed by atoms with E-state index in [0.29, 0.717) is 6.54 Å². The molecule has 0 spiro atoms. The van der Waals surface area contributed by atoms with E-state index >= 15 is 0 Å². The largest absolute Gasteiger partial charge is 0.379 e. The molecule has 2 N–H and O–H groups in total. The Kier molecular flexibility index (Phi) is 7.45. The van der Waals surface area contributed by atoms with Crippen molar-refractivity contribution < 1.29 is 4.74 Å². The van der Waals surface area contributed by atoms with Gasteiger partial charge < -0.3 is 15.4 Å². The Morgan fingerprint density at radius 1 is 1.18 bits per heavy atom. The van der Waals surface area contributed by atoms with Crippen molar-refractivity contribution in [2.45, 2.75) is 26.4 Å². The maximum atomic E-state index is 5.55. The quantitative estimate of drug-likeness (QED) is 0.563. The maximum absolute atomic E-state index is 5.55. The first kappa shape index (κ1) is 20.4. The minimum Gasteiger partial charge on any atom is -0.379 e. The molecule has 3 rings (SSSR count). The molecule has 1 aromatic heterocycles. The lowest BCUT2D eigenvalue weighted by Crippen LogP contribution is -2.46. The molecule has 28 heavy (non-hydrogen) atoms. The van der Waals surface area contributed by atoms with Gasteiger partial charge in [-0.25, -0.2) is 4.99 Å². The van der Waals surface area contributed by atoms with E-state index in [0.717, 1.165) is 51.0 Å². The minimum atomic E-state index is 0.282. The van der Waals surface area contributed by atoms with E-state index in [2.05, 4.69) is 58.7 Å². The second kappa shape index (κ2) is 10.2. The highest BCUT2D eigenvalue weighted by Gasteiger charge is 2.22. The Labute approximate surface area is 167 Å². The number of rotatable bonds is 7. The molecule has 0 aliphatic carbocycles. The van der Waals surface area contributed by atoms with E-state index in [-0.39, 0.29) is 6.04 Å². The molecule has 1 aliphatic rings. The molecule has 1 aromatic carbocycles. The number of hydrogen-bond acceptors (Lipinski definition) is 4. The molecule has 2 heterocycles. The van der Waals surface area contributed by atoms with Crippen LogP contribution in [0.15, 0.2) is 41.5 Å². The van der Waals surface area contributed by atoms with Gasteiger partial charge in [0.05, 0.1) is 31.5 Å². The average molecular weight is 385 g/mol. The van der Waals surface area contributed by atoms with Gasteiger partial charge in [-0.1, -0.05) is 29.8 Å². The SMILES string of the molecule is CCNC(=NCc1ccnn1C)NCC(c1ccc(C)cc1)N1CCOCC1. The summed E-state index contributed by atoms with van der Waals surface area (Å²) >= 11 is 0. The topological polar surface area (TPSA) is 66.7 Å². The van der Waals surface area contributed by atoms with Gasteiger partial charge in [-0.15, -0.1) is 0 Å². The number of ether oxygens (including phenoxy) is 1. The molecule has 152 valence electrons. The highest BCUT2D eigenvalue weighted by atomic mass is 16.5. The summed E-state index contributed by atoms with van der Waals surface area (Å²) in [6.07, 6.45) is 1.80. The number of guanidine groups is 1. The van der Waals surface area contributed by atoms with Crippen LogP contribution in [0.3, 0.4) is 0 Å². The normalized spacial score (nSPS) is 16.8. The van der Waals surface area contributed by atoms with Gasteiger partial charge in [0.25, 0.3) is 0 Å². The van der Waals surface area contributed by atoms with Crippen LogP contribution >= 0.6 is 0 Å². The fourth-order valence-corrected chi connectivity index (χ4v) is 3.39. The monoisotopic (exact) mass is 384 g/mol. The van der Waals surface area contributed by atoms with Crippen LogP contribution in [-0.4, -0.2) is 60.0 Å². The van der Waals surface area contributed by atoms with Gasteiger partial charge in [-0.2, -0.15) is 5.10 Å². The Morgan fingerprint density at radius 2 is 1.93 bits per heavy atom. The number of nitrogens with one attached hydrogen (secondary N) is 2. The lowest BCUT2D eigenvalue weighted by Gasteiger charge is -2.35. The number of nitrogens with zero attached hydrogens (tertiary/aromatic N) is 4. The van der Waals surface area contributed by atoms with Gasteiger partial charge in [0.2, 0.25) is 0 Å². The number of hydrogen-bond donors (Lipinski definition) is 2. The molecular formula is C21H32N6O. The van der Waals surface area contributed by atoms with Crippen molar-refractivity contribution in [2.75, 3.05) is 39.4 Å². The second-order valence-corrected chi connectivity index (χ2v) is 7.10.